The third-order valence-corrected chi connectivity index (χ3v) is 5.40. The van der Waals surface area contributed by atoms with Gasteiger partial charge in [0.1, 0.15) is 5.82 Å². The van der Waals surface area contributed by atoms with E-state index >= 15 is 0 Å². The van der Waals surface area contributed by atoms with Gasteiger partial charge in [0.2, 0.25) is 0 Å². The number of esters is 1. The Morgan fingerprint density at radius 3 is 2.84 bits per heavy atom. The predicted molar refractivity (Wildman–Crippen MR) is 90.1 cm³/mol. The smallest absolute Gasteiger partial charge is 0.334 e. The van der Waals surface area contributed by atoms with Gasteiger partial charge in [0.05, 0.1) is 25.2 Å². The van der Waals surface area contributed by atoms with E-state index in [-0.39, 0.29) is 13.2 Å². The summed E-state index contributed by atoms with van der Waals surface area (Å²) in [6.45, 7) is 0.483. The molecule has 0 spiro atoms. The van der Waals surface area contributed by atoms with Crippen LogP contribution >= 0.6 is 11.3 Å². The fourth-order valence-electron chi connectivity index (χ4n) is 2.98. The lowest BCUT2D eigenvalue weighted by Crippen LogP contribution is -2.55. The van der Waals surface area contributed by atoms with Gasteiger partial charge in [0, 0.05) is 35.8 Å². The predicted octanol–water partition coefficient (Wildman–Crippen LogP) is 2.25. The Labute approximate surface area is 147 Å². The van der Waals surface area contributed by atoms with Crippen LogP contribution in [0.3, 0.4) is 0 Å². The van der Waals surface area contributed by atoms with Crippen molar-refractivity contribution >= 4 is 33.3 Å². The number of halogens is 1. The molecular weight excluding hydrogens is 349 g/mol. The van der Waals surface area contributed by atoms with Crippen LogP contribution in [0.4, 0.5) is 4.39 Å². The maximum Gasteiger partial charge on any atom is 0.334 e. The molecule has 1 saturated heterocycles. The number of hydrogen-bond acceptors (Lipinski definition) is 6. The van der Waals surface area contributed by atoms with E-state index in [9.17, 15) is 14.0 Å². The van der Waals surface area contributed by atoms with E-state index in [0.29, 0.717) is 33.6 Å². The lowest BCUT2D eigenvalue weighted by Gasteiger charge is -2.25. The maximum absolute atomic E-state index is 14.2. The summed E-state index contributed by atoms with van der Waals surface area (Å²) in [4.78, 5) is 25.3. The second-order valence-electron chi connectivity index (χ2n) is 5.79. The second-order valence-corrected chi connectivity index (χ2v) is 6.84. The Kier molecular flexibility index (Phi) is 5.03. The van der Waals surface area contributed by atoms with Gasteiger partial charge in [-0.3, -0.25) is 4.79 Å². The number of benzene rings is 1. The van der Waals surface area contributed by atoms with E-state index in [1.54, 1.807) is 12.1 Å². The van der Waals surface area contributed by atoms with Crippen LogP contribution in [0.2, 0.25) is 0 Å². The molecule has 0 unspecified atom stereocenters. The Morgan fingerprint density at radius 1 is 1.40 bits per heavy atom. The minimum atomic E-state index is -1.22. The van der Waals surface area contributed by atoms with E-state index in [2.05, 4.69) is 5.32 Å². The monoisotopic (exact) mass is 367 g/mol. The van der Waals surface area contributed by atoms with Crippen LogP contribution in [0, 0.1) is 5.82 Å². The van der Waals surface area contributed by atoms with E-state index in [1.165, 1.54) is 20.3 Å². The number of nitrogens with one attached hydrogen (secondary N) is 1. The minimum absolute atomic E-state index is 0.0459. The Balaban J connectivity index is 2.00. The molecule has 8 heteroatoms. The molecule has 1 aliphatic rings. The van der Waals surface area contributed by atoms with Crippen LogP contribution in [0.1, 0.15) is 21.7 Å². The molecule has 0 saturated carbocycles. The summed E-state index contributed by atoms with van der Waals surface area (Å²) in [7, 11) is 2.74. The first-order chi connectivity index (χ1) is 12.0. The molecule has 1 amide bonds. The molecule has 1 aliphatic heterocycles. The molecule has 1 atom stereocenters. The molecule has 0 bridgehead atoms. The molecule has 134 valence electrons. The number of hydrogen-bond donors (Lipinski definition) is 1. The van der Waals surface area contributed by atoms with Gasteiger partial charge in [-0.1, -0.05) is 6.07 Å². The summed E-state index contributed by atoms with van der Waals surface area (Å²) in [5, 5.41) is 3.10. The SMILES string of the molecule is COCc1c(C(=O)N[C@@]2(C(=O)OC)CCOC2)sc2cccc(F)c12. The highest BCUT2D eigenvalue weighted by Gasteiger charge is 2.45. The van der Waals surface area contributed by atoms with Crippen LogP contribution < -0.4 is 5.32 Å². The summed E-state index contributed by atoms with van der Waals surface area (Å²) >= 11 is 1.16. The van der Waals surface area contributed by atoms with Crippen LogP contribution in [0.5, 0.6) is 0 Å². The zero-order valence-electron chi connectivity index (χ0n) is 13.9. The zero-order chi connectivity index (χ0) is 18.0. The number of ether oxygens (including phenoxy) is 3. The quantitative estimate of drug-likeness (QED) is 0.821. The van der Waals surface area contributed by atoms with Gasteiger partial charge in [-0.2, -0.15) is 0 Å². The van der Waals surface area contributed by atoms with Crippen LogP contribution in [-0.2, 0) is 25.6 Å². The van der Waals surface area contributed by atoms with Crippen molar-refractivity contribution in [1.29, 1.82) is 0 Å². The number of methoxy groups -OCH3 is 2. The molecular formula is C17H18FNO5S. The van der Waals surface area contributed by atoms with Gasteiger partial charge >= 0.3 is 5.97 Å². The second kappa shape index (κ2) is 7.07. The summed E-state index contributed by atoms with van der Waals surface area (Å²) < 4.78 is 30.1. The highest BCUT2D eigenvalue weighted by atomic mass is 32.1. The molecule has 0 radical (unpaired) electrons. The van der Waals surface area contributed by atoms with Crippen molar-refractivity contribution < 1.29 is 28.2 Å². The van der Waals surface area contributed by atoms with E-state index in [0.717, 1.165) is 11.3 Å². The zero-order valence-corrected chi connectivity index (χ0v) is 14.7. The summed E-state index contributed by atoms with van der Waals surface area (Å²) in [5.74, 6) is -1.44. The molecule has 0 aliphatic carbocycles. The highest BCUT2D eigenvalue weighted by molar-refractivity contribution is 7.21. The average Bonchev–Trinajstić information content (AvgIpc) is 3.21. The molecule has 2 aromatic rings. The third kappa shape index (κ3) is 3.12. The fourth-order valence-corrected chi connectivity index (χ4v) is 4.10. The molecule has 6 nitrogen and oxygen atoms in total. The molecule has 1 N–H and O–H groups in total. The average molecular weight is 367 g/mol. The summed E-state index contributed by atoms with van der Waals surface area (Å²) in [5.41, 5.74) is -0.748. The van der Waals surface area contributed by atoms with Gasteiger partial charge in [-0.25, -0.2) is 9.18 Å². The lowest BCUT2D eigenvalue weighted by molar-refractivity contribution is -0.148. The Bertz CT molecular complexity index is 813. The van der Waals surface area contributed by atoms with Gasteiger partial charge in [0.15, 0.2) is 5.54 Å². The Hall–Kier alpha value is -2.03. The summed E-state index contributed by atoms with van der Waals surface area (Å²) in [6, 6.07) is 4.68. The number of rotatable bonds is 5. The lowest BCUT2D eigenvalue weighted by atomic mass is 9.98. The number of carbonyl (C=O) groups is 2. The van der Waals surface area contributed by atoms with Crippen molar-refractivity contribution in [2.75, 3.05) is 27.4 Å². The number of amides is 1. The van der Waals surface area contributed by atoms with E-state index in [1.807, 2.05) is 0 Å². The molecule has 1 aromatic carbocycles. The van der Waals surface area contributed by atoms with Gasteiger partial charge < -0.3 is 19.5 Å². The Morgan fingerprint density at radius 2 is 2.20 bits per heavy atom. The topological polar surface area (TPSA) is 73.9 Å². The van der Waals surface area contributed by atoms with E-state index < -0.39 is 23.2 Å². The molecule has 2 heterocycles. The number of carbonyl (C=O) groups excluding carboxylic acids is 2. The van der Waals surface area contributed by atoms with Crippen molar-refractivity contribution in [3.63, 3.8) is 0 Å². The van der Waals surface area contributed by atoms with Crippen LogP contribution in [-0.4, -0.2) is 44.8 Å². The largest absolute Gasteiger partial charge is 0.467 e. The van der Waals surface area contributed by atoms with Gasteiger partial charge in [0.25, 0.3) is 5.91 Å². The number of thiophene rings is 1. The van der Waals surface area contributed by atoms with Crippen LogP contribution in [0.15, 0.2) is 18.2 Å². The summed E-state index contributed by atoms with van der Waals surface area (Å²) in [6.07, 6.45) is 0.324. The van der Waals surface area contributed by atoms with Crippen molar-refractivity contribution in [1.82, 2.24) is 5.32 Å². The van der Waals surface area contributed by atoms with Crippen LogP contribution in [0.25, 0.3) is 10.1 Å². The van der Waals surface area contributed by atoms with Crippen molar-refractivity contribution in [3.8, 4) is 0 Å². The van der Waals surface area contributed by atoms with Crippen molar-refractivity contribution in [3.05, 3.63) is 34.5 Å². The molecule has 1 fully saturated rings. The molecule has 25 heavy (non-hydrogen) atoms. The van der Waals surface area contributed by atoms with E-state index in [4.69, 9.17) is 14.2 Å². The first-order valence-corrected chi connectivity index (χ1v) is 8.51. The maximum atomic E-state index is 14.2. The molecule has 1 aromatic heterocycles. The fraction of sp³-hybridized carbons (Fsp3) is 0.412. The standard InChI is InChI=1S/C17H18FNO5S/c1-22-8-10-13-11(18)4-3-5-12(13)25-14(10)15(20)19-17(16(21)23-2)6-7-24-9-17/h3-5H,6-9H2,1-2H3,(H,19,20)/t17-/m0/s1. The van der Waals surface area contributed by atoms with Gasteiger partial charge in [-0.15, -0.1) is 11.3 Å². The number of fused-ring (bicyclic) bond motifs is 1. The highest BCUT2D eigenvalue weighted by Crippen LogP contribution is 2.34. The first kappa shape index (κ1) is 17.8. The normalized spacial score (nSPS) is 20.0. The first-order valence-electron chi connectivity index (χ1n) is 7.70. The molecule has 3 rings (SSSR count). The minimum Gasteiger partial charge on any atom is -0.467 e. The third-order valence-electron chi connectivity index (χ3n) is 4.21. The van der Waals surface area contributed by atoms with Crippen molar-refractivity contribution in [2.24, 2.45) is 0 Å². The van der Waals surface area contributed by atoms with Crippen molar-refractivity contribution in [2.45, 2.75) is 18.6 Å². The van der Waals surface area contributed by atoms with Gasteiger partial charge in [-0.05, 0) is 12.1 Å².